The van der Waals surface area contributed by atoms with Crippen LogP contribution in [0.1, 0.15) is 49.7 Å². The number of likely N-dealkylation sites (tertiary alicyclic amines) is 1. The van der Waals surface area contributed by atoms with Gasteiger partial charge < -0.3 is 70.0 Å². The van der Waals surface area contributed by atoms with Crippen molar-refractivity contribution in [3.8, 4) is 5.75 Å². The van der Waals surface area contributed by atoms with E-state index in [9.17, 15) is 48.6 Å². The summed E-state index contributed by atoms with van der Waals surface area (Å²) < 4.78 is 0. The summed E-state index contributed by atoms with van der Waals surface area (Å²) in [5, 5.41) is 29.8. The van der Waals surface area contributed by atoms with Crippen LogP contribution < -0.4 is 49.9 Å². The predicted octanol–water partition coefficient (Wildman–Crippen LogP) is -3.19. The molecular formula is C39H52N12O10. The molecule has 7 amide bonds. The number of H-pyrrole nitrogens is 1. The Morgan fingerprint density at radius 1 is 0.787 bits per heavy atom. The molecule has 0 aliphatic carbocycles. The molecule has 0 saturated carbocycles. The first-order chi connectivity index (χ1) is 28.9. The number of aliphatic carboxylic acids is 1. The van der Waals surface area contributed by atoms with Crippen molar-refractivity contribution in [2.45, 2.75) is 87.6 Å². The van der Waals surface area contributed by atoms with Crippen molar-refractivity contribution in [1.82, 2.24) is 31.2 Å². The van der Waals surface area contributed by atoms with Crippen LogP contribution in [0.4, 0.5) is 0 Å². The molecule has 3 aromatic rings. The van der Waals surface area contributed by atoms with Gasteiger partial charge in [-0.2, -0.15) is 0 Å². The summed E-state index contributed by atoms with van der Waals surface area (Å²) in [4.78, 5) is 113. The number of aliphatic imine (C=N–C) groups is 1. The van der Waals surface area contributed by atoms with Crippen molar-refractivity contribution < 1.29 is 48.6 Å². The lowest BCUT2D eigenvalue weighted by Gasteiger charge is -2.30. The number of phenols is 1. The number of carbonyl (C=O) groups is 8. The molecule has 2 aromatic carbocycles. The first-order valence-electron chi connectivity index (χ1n) is 19.4. The van der Waals surface area contributed by atoms with Crippen molar-refractivity contribution in [1.29, 1.82) is 0 Å². The molecule has 1 aromatic heterocycles. The first kappa shape index (κ1) is 46.5. The van der Waals surface area contributed by atoms with Crippen LogP contribution in [0.25, 0.3) is 10.9 Å². The molecule has 4 rings (SSSR count). The average Bonchev–Trinajstić information content (AvgIpc) is 3.86. The number of phenolic OH excluding ortho intramolecular Hbond substituents is 1. The minimum absolute atomic E-state index is 0.00833. The maximum absolute atomic E-state index is 14.4. The Balaban J connectivity index is 1.56. The lowest BCUT2D eigenvalue weighted by molar-refractivity contribution is -0.145. The number of fused-ring (bicyclic) bond motifs is 1. The summed E-state index contributed by atoms with van der Waals surface area (Å²) in [6, 6.07) is 4.52. The Hall–Kier alpha value is -7.23. The number of primary amides is 2. The van der Waals surface area contributed by atoms with Crippen molar-refractivity contribution in [2.75, 3.05) is 13.1 Å². The molecule has 6 atom stereocenters. The molecule has 2 heterocycles. The van der Waals surface area contributed by atoms with E-state index in [2.05, 4.69) is 31.2 Å². The molecular weight excluding hydrogens is 797 g/mol. The summed E-state index contributed by atoms with van der Waals surface area (Å²) in [6.45, 7) is 0.198. The van der Waals surface area contributed by atoms with Gasteiger partial charge in [-0.25, -0.2) is 4.79 Å². The Labute approximate surface area is 349 Å². The number of benzene rings is 2. The number of aromatic amines is 1. The zero-order valence-electron chi connectivity index (χ0n) is 33.2. The van der Waals surface area contributed by atoms with Crippen LogP contribution in [0.15, 0.2) is 59.7 Å². The van der Waals surface area contributed by atoms with E-state index in [4.69, 9.17) is 28.7 Å². The number of para-hydroxylation sites is 1. The first-order valence-corrected chi connectivity index (χ1v) is 19.4. The highest BCUT2D eigenvalue weighted by atomic mass is 16.4. The van der Waals surface area contributed by atoms with Crippen LogP contribution in [0, 0.1) is 0 Å². The number of nitrogens with zero attached hydrogens (tertiary/aromatic N) is 2. The molecule has 1 aliphatic rings. The number of carboxylic acids is 1. The number of aromatic hydroxyl groups is 1. The second-order valence-electron chi connectivity index (χ2n) is 14.6. The Bertz CT molecular complexity index is 2120. The molecule has 0 radical (unpaired) electrons. The number of guanidine groups is 1. The Morgan fingerprint density at radius 2 is 1.39 bits per heavy atom. The van der Waals surface area contributed by atoms with E-state index in [1.807, 2.05) is 0 Å². The Kier molecular flexibility index (Phi) is 16.5. The molecule has 328 valence electrons. The fraction of sp³-hybridized carbons (Fsp3) is 0.410. The fourth-order valence-corrected chi connectivity index (χ4v) is 6.88. The molecule has 1 saturated heterocycles. The largest absolute Gasteiger partial charge is 0.508 e. The van der Waals surface area contributed by atoms with Gasteiger partial charge in [0.2, 0.25) is 41.4 Å². The van der Waals surface area contributed by atoms with Gasteiger partial charge in [0.15, 0.2) is 5.96 Å². The summed E-state index contributed by atoms with van der Waals surface area (Å²) in [6.07, 6.45) is 0.732. The topological polar surface area (TPSA) is 387 Å². The highest BCUT2D eigenvalue weighted by Crippen LogP contribution is 2.23. The number of hydrogen-bond acceptors (Lipinski definition) is 11. The van der Waals surface area contributed by atoms with Crippen LogP contribution in [0.3, 0.4) is 0 Å². The average molecular weight is 849 g/mol. The highest BCUT2D eigenvalue weighted by molar-refractivity contribution is 5.99. The van der Waals surface area contributed by atoms with Gasteiger partial charge in [0.05, 0.1) is 18.9 Å². The van der Waals surface area contributed by atoms with E-state index in [0.29, 0.717) is 22.9 Å². The second-order valence-corrected chi connectivity index (χ2v) is 14.6. The molecule has 22 heteroatoms. The van der Waals surface area contributed by atoms with Crippen molar-refractivity contribution >= 4 is 64.2 Å². The number of carbonyl (C=O) groups excluding carboxylic acids is 7. The van der Waals surface area contributed by atoms with Gasteiger partial charge in [0.1, 0.15) is 36.0 Å². The molecule has 0 bridgehead atoms. The minimum Gasteiger partial charge on any atom is -0.508 e. The lowest BCUT2D eigenvalue weighted by Crippen LogP contribution is -2.60. The minimum atomic E-state index is -1.74. The quantitative estimate of drug-likeness (QED) is 0.0270. The highest BCUT2D eigenvalue weighted by Gasteiger charge is 2.40. The normalized spacial score (nSPS) is 16.0. The van der Waals surface area contributed by atoms with Crippen LogP contribution in [0.5, 0.6) is 5.75 Å². The number of nitrogens with one attached hydrogen (secondary N) is 5. The SMILES string of the molecule is NC(=O)C[C@H](NC(=O)[C@H](CC(N)=O)NC(=O)[C@@H](N)Cc1ccc(O)cc1)C(=O)N[C@@H](Cc1c[nH]c2ccccc12)C(=O)N1CCC[C@H]1C(=O)N[C@@H](CCCN=C(N)N)C(=O)O. The molecule has 0 spiro atoms. The third-order valence-corrected chi connectivity index (χ3v) is 9.92. The fourth-order valence-electron chi connectivity index (χ4n) is 6.88. The van der Waals surface area contributed by atoms with Gasteiger partial charge in [-0.1, -0.05) is 30.3 Å². The lowest BCUT2D eigenvalue weighted by atomic mass is 10.0. The number of carboxylic acid groups (broad SMARTS) is 1. The van der Waals surface area contributed by atoms with Crippen LogP contribution in [0.2, 0.25) is 0 Å². The van der Waals surface area contributed by atoms with Gasteiger partial charge in [-0.3, -0.25) is 38.6 Å². The van der Waals surface area contributed by atoms with Gasteiger partial charge >= 0.3 is 5.97 Å². The number of rotatable bonds is 22. The number of amides is 7. The maximum Gasteiger partial charge on any atom is 0.326 e. The van der Waals surface area contributed by atoms with Gasteiger partial charge in [0.25, 0.3) is 0 Å². The number of hydrogen-bond donors (Lipinski definition) is 12. The molecule has 22 nitrogen and oxygen atoms in total. The van der Waals surface area contributed by atoms with E-state index in [-0.39, 0.29) is 56.9 Å². The van der Waals surface area contributed by atoms with E-state index >= 15 is 0 Å². The van der Waals surface area contributed by atoms with Crippen molar-refractivity contribution in [3.63, 3.8) is 0 Å². The number of aromatic nitrogens is 1. The molecule has 0 unspecified atom stereocenters. The monoisotopic (exact) mass is 848 g/mol. The third kappa shape index (κ3) is 13.7. The van der Waals surface area contributed by atoms with Crippen LogP contribution in [-0.2, 0) is 51.2 Å². The van der Waals surface area contributed by atoms with Crippen molar-refractivity contribution in [3.05, 3.63) is 65.9 Å². The standard InChI is InChI=1S/C39H52N12O10/c40-24(15-20-9-11-22(52)12-10-20)33(55)48-27(17-31(41)53)34(56)49-28(18-32(42)54)35(57)50-29(16-21-19-46-25-6-2-1-5-23(21)25)37(59)51-14-4-8-30(51)36(58)47-26(38(60)61)7-3-13-45-39(43)44/h1-2,5-6,9-12,19,24,26-30,46,52H,3-4,7-8,13-18,40H2,(H2,41,53)(H2,42,54)(H,47,58)(H,48,55)(H,49,56)(H,50,57)(H,60,61)(H4,43,44,45)/t24-,26-,27-,28-,29-,30-/m0/s1. The third-order valence-electron chi connectivity index (χ3n) is 9.92. The molecule has 1 aliphatic heterocycles. The molecule has 61 heavy (non-hydrogen) atoms. The maximum atomic E-state index is 14.4. The molecule has 17 N–H and O–H groups in total. The van der Waals surface area contributed by atoms with Crippen LogP contribution >= 0.6 is 0 Å². The number of nitrogens with two attached hydrogens (primary N) is 5. The van der Waals surface area contributed by atoms with E-state index in [1.165, 1.54) is 29.2 Å². The molecule has 1 fully saturated rings. The van der Waals surface area contributed by atoms with Crippen molar-refractivity contribution in [2.24, 2.45) is 33.7 Å². The van der Waals surface area contributed by atoms with Gasteiger partial charge in [-0.05, 0) is 61.4 Å². The summed E-state index contributed by atoms with van der Waals surface area (Å²) in [7, 11) is 0. The van der Waals surface area contributed by atoms with Crippen LogP contribution in [-0.4, -0.2) is 123 Å². The predicted molar refractivity (Wildman–Crippen MR) is 219 cm³/mol. The van der Waals surface area contributed by atoms with E-state index in [1.54, 1.807) is 30.5 Å². The smallest absolute Gasteiger partial charge is 0.326 e. The second kappa shape index (κ2) is 21.7. The zero-order valence-corrected chi connectivity index (χ0v) is 33.2. The Morgan fingerprint density at radius 3 is 2.00 bits per heavy atom. The van der Waals surface area contributed by atoms with Gasteiger partial charge in [0, 0.05) is 36.6 Å². The summed E-state index contributed by atoms with van der Waals surface area (Å²) >= 11 is 0. The van der Waals surface area contributed by atoms with E-state index < -0.39 is 96.4 Å². The van der Waals surface area contributed by atoms with E-state index in [0.717, 1.165) is 5.52 Å². The zero-order chi connectivity index (χ0) is 44.8. The van der Waals surface area contributed by atoms with Gasteiger partial charge in [-0.15, -0.1) is 0 Å². The summed E-state index contributed by atoms with van der Waals surface area (Å²) in [5.74, 6) is -8.00. The summed E-state index contributed by atoms with van der Waals surface area (Å²) in [5.41, 5.74) is 29.4.